The molecular weight excluding hydrogens is 355 g/mol. The van der Waals surface area contributed by atoms with Gasteiger partial charge in [0.2, 0.25) is 12.7 Å². The molecule has 0 saturated heterocycles. The van der Waals surface area contributed by atoms with E-state index in [-0.39, 0.29) is 18.9 Å². The van der Waals surface area contributed by atoms with Crippen molar-refractivity contribution in [3.63, 3.8) is 0 Å². The summed E-state index contributed by atoms with van der Waals surface area (Å²) in [6.07, 6.45) is 0.0447. The second kappa shape index (κ2) is 6.60. The first-order valence-corrected chi connectivity index (χ1v) is 8.14. The van der Waals surface area contributed by atoms with Gasteiger partial charge >= 0.3 is 0 Å². The molecule has 2 amide bonds. The Hall–Kier alpha value is -3.62. The average molecular weight is 370 g/mol. The van der Waals surface area contributed by atoms with Crippen molar-refractivity contribution in [2.24, 2.45) is 10.8 Å². The number of primary amides is 1. The van der Waals surface area contributed by atoms with Crippen molar-refractivity contribution in [1.82, 2.24) is 0 Å². The van der Waals surface area contributed by atoms with Crippen LogP contribution in [-0.2, 0) is 9.59 Å². The molecule has 27 heavy (non-hydrogen) atoms. The predicted octanol–water partition coefficient (Wildman–Crippen LogP) is 1.61. The predicted molar refractivity (Wildman–Crippen MR) is 95.1 cm³/mol. The van der Waals surface area contributed by atoms with E-state index in [1.165, 1.54) is 29.3 Å². The molecule has 1 atom stereocenters. The van der Waals surface area contributed by atoms with Gasteiger partial charge in [-0.05, 0) is 36.4 Å². The number of benzene rings is 2. The lowest BCUT2D eigenvalue weighted by molar-refractivity contribution is -0.119. The number of amides is 2. The number of ether oxygens (including phenoxy) is 2. The molecule has 0 radical (unpaired) electrons. The lowest BCUT2D eigenvalue weighted by Crippen LogP contribution is -2.39. The van der Waals surface area contributed by atoms with Crippen LogP contribution in [0.4, 0.5) is 15.8 Å². The average Bonchev–Trinajstić information content (AvgIpc) is 3.29. The Labute approximate surface area is 153 Å². The molecule has 4 rings (SSSR count). The molecule has 0 aliphatic carbocycles. The van der Waals surface area contributed by atoms with Gasteiger partial charge in [0.25, 0.3) is 5.91 Å². The fraction of sp³-hybridized carbons (Fsp3) is 0.167. The van der Waals surface area contributed by atoms with E-state index in [0.717, 1.165) is 0 Å². The maximum absolute atomic E-state index is 13.1. The van der Waals surface area contributed by atoms with E-state index >= 15 is 0 Å². The van der Waals surface area contributed by atoms with E-state index in [0.29, 0.717) is 22.9 Å². The Bertz CT molecular complexity index is 945. The van der Waals surface area contributed by atoms with Gasteiger partial charge in [-0.1, -0.05) is 0 Å². The van der Waals surface area contributed by atoms with Crippen molar-refractivity contribution in [2.75, 3.05) is 17.1 Å². The third-order valence-electron chi connectivity index (χ3n) is 4.22. The molecule has 2 aromatic carbocycles. The van der Waals surface area contributed by atoms with E-state index in [4.69, 9.17) is 15.2 Å². The van der Waals surface area contributed by atoms with Crippen LogP contribution in [0.2, 0.25) is 0 Å². The molecule has 2 aliphatic heterocycles. The van der Waals surface area contributed by atoms with E-state index in [2.05, 4.69) is 10.4 Å². The highest BCUT2D eigenvalue weighted by Crippen LogP contribution is 2.34. The van der Waals surface area contributed by atoms with E-state index < -0.39 is 23.7 Å². The first-order valence-electron chi connectivity index (χ1n) is 8.14. The third kappa shape index (κ3) is 3.26. The van der Waals surface area contributed by atoms with Gasteiger partial charge in [0.15, 0.2) is 11.5 Å². The number of nitrogens with zero attached hydrogens (tertiary/aromatic N) is 2. The van der Waals surface area contributed by atoms with Gasteiger partial charge < -0.3 is 20.5 Å². The van der Waals surface area contributed by atoms with Gasteiger partial charge in [0, 0.05) is 18.2 Å². The summed E-state index contributed by atoms with van der Waals surface area (Å²) < 4.78 is 23.6. The number of carbonyl (C=O) groups excluding carboxylic acids is 2. The smallest absolute Gasteiger partial charge is 0.271 e. The maximum atomic E-state index is 13.1. The van der Waals surface area contributed by atoms with Gasteiger partial charge in [-0.3, -0.25) is 14.6 Å². The monoisotopic (exact) mass is 370 g/mol. The van der Waals surface area contributed by atoms with Gasteiger partial charge in [-0.15, -0.1) is 0 Å². The quantitative estimate of drug-likeness (QED) is 0.851. The molecule has 2 heterocycles. The first-order chi connectivity index (χ1) is 13.0. The normalized spacial score (nSPS) is 17.6. The molecule has 0 saturated carbocycles. The largest absolute Gasteiger partial charge is 0.454 e. The zero-order valence-corrected chi connectivity index (χ0v) is 14.0. The minimum atomic E-state index is -0.826. The molecule has 8 nitrogen and oxygen atoms in total. The topological polar surface area (TPSA) is 106 Å². The fourth-order valence-electron chi connectivity index (χ4n) is 2.88. The van der Waals surface area contributed by atoms with Crippen molar-refractivity contribution < 1.29 is 23.5 Å². The molecule has 0 bridgehead atoms. The lowest BCUT2D eigenvalue weighted by Gasteiger charge is -2.20. The molecule has 9 heteroatoms. The Morgan fingerprint density at radius 3 is 2.63 bits per heavy atom. The summed E-state index contributed by atoms with van der Waals surface area (Å²) >= 11 is 0. The van der Waals surface area contributed by atoms with Crippen molar-refractivity contribution in [3.05, 3.63) is 48.3 Å². The van der Waals surface area contributed by atoms with Crippen molar-refractivity contribution in [1.29, 1.82) is 0 Å². The second-order valence-electron chi connectivity index (χ2n) is 6.01. The number of hydrogen-bond donors (Lipinski definition) is 2. The number of fused-ring (bicyclic) bond motifs is 1. The lowest BCUT2D eigenvalue weighted by atomic mass is 10.1. The molecule has 2 aliphatic rings. The highest BCUT2D eigenvalue weighted by molar-refractivity contribution is 6.44. The number of hydrogen-bond acceptors (Lipinski definition) is 6. The van der Waals surface area contributed by atoms with E-state index in [1.54, 1.807) is 18.2 Å². The van der Waals surface area contributed by atoms with Crippen LogP contribution < -0.4 is 25.5 Å². The molecule has 3 N–H and O–H groups in total. The van der Waals surface area contributed by atoms with Crippen LogP contribution in [0.15, 0.2) is 47.6 Å². The summed E-state index contributed by atoms with van der Waals surface area (Å²) in [6.45, 7) is 0.131. The zero-order valence-electron chi connectivity index (χ0n) is 14.0. The van der Waals surface area contributed by atoms with E-state index in [9.17, 15) is 14.0 Å². The molecule has 0 unspecified atom stereocenters. The van der Waals surface area contributed by atoms with Crippen LogP contribution in [0.3, 0.4) is 0 Å². The van der Waals surface area contributed by atoms with Crippen molar-refractivity contribution >= 4 is 28.9 Å². The Morgan fingerprint density at radius 2 is 1.89 bits per heavy atom. The number of halogens is 1. The van der Waals surface area contributed by atoms with Crippen molar-refractivity contribution in [2.45, 2.75) is 12.5 Å². The van der Waals surface area contributed by atoms with Crippen LogP contribution in [0, 0.1) is 5.82 Å². The molecule has 2 aromatic rings. The molecule has 138 valence electrons. The minimum Gasteiger partial charge on any atom is -0.454 e. The fourth-order valence-corrected chi connectivity index (χ4v) is 2.88. The van der Waals surface area contributed by atoms with E-state index in [1.807, 2.05) is 0 Å². The Balaban J connectivity index is 1.55. The highest BCUT2D eigenvalue weighted by Gasteiger charge is 2.35. The Kier molecular flexibility index (Phi) is 4.11. The molecular formula is C18H15FN4O4. The summed E-state index contributed by atoms with van der Waals surface area (Å²) in [5.74, 6) is -0.386. The number of rotatable bonds is 4. The second-order valence-corrected chi connectivity index (χ2v) is 6.01. The van der Waals surface area contributed by atoms with Gasteiger partial charge in [-0.2, -0.15) is 5.10 Å². The molecule has 0 spiro atoms. The van der Waals surface area contributed by atoms with Crippen LogP contribution >= 0.6 is 0 Å². The van der Waals surface area contributed by atoms with Crippen LogP contribution in [0.25, 0.3) is 0 Å². The van der Waals surface area contributed by atoms with Crippen molar-refractivity contribution in [3.8, 4) is 11.5 Å². The molecule has 0 aromatic heterocycles. The summed E-state index contributed by atoms with van der Waals surface area (Å²) in [6, 6.07) is 9.59. The van der Waals surface area contributed by atoms with Crippen LogP contribution in [0.1, 0.15) is 6.42 Å². The Morgan fingerprint density at radius 1 is 1.15 bits per heavy atom. The highest BCUT2D eigenvalue weighted by atomic mass is 19.1. The minimum absolute atomic E-state index is 0.0447. The summed E-state index contributed by atoms with van der Waals surface area (Å²) in [7, 11) is 0. The standard InChI is InChI=1S/C18H15FN4O4/c19-10-1-4-12(5-2-10)23-14(17(20)24)8-13(22-23)18(25)21-11-3-6-15-16(7-11)27-9-26-15/h1-7,14H,8-9H2,(H2,20,24)(H,21,25)/t14-/m0/s1. The van der Waals surface area contributed by atoms with Gasteiger partial charge in [0.05, 0.1) is 5.69 Å². The summed E-state index contributed by atoms with van der Waals surface area (Å²) in [4.78, 5) is 24.3. The summed E-state index contributed by atoms with van der Waals surface area (Å²) in [5, 5.41) is 8.26. The number of nitrogens with one attached hydrogen (secondary N) is 1. The zero-order chi connectivity index (χ0) is 19.0. The SMILES string of the molecule is NC(=O)[C@@H]1CC(C(=O)Nc2ccc3c(c2)OCO3)=NN1c1ccc(F)cc1. The number of carbonyl (C=O) groups is 2. The maximum Gasteiger partial charge on any atom is 0.271 e. The van der Waals surface area contributed by atoms with Crippen LogP contribution in [0.5, 0.6) is 11.5 Å². The van der Waals surface area contributed by atoms with Crippen LogP contribution in [-0.4, -0.2) is 30.4 Å². The van der Waals surface area contributed by atoms with Gasteiger partial charge in [0.1, 0.15) is 17.6 Å². The summed E-state index contributed by atoms with van der Waals surface area (Å²) in [5.41, 5.74) is 6.55. The first kappa shape index (κ1) is 16.8. The number of hydrazone groups is 1. The third-order valence-corrected chi connectivity index (χ3v) is 4.22. The van der Waals surface area contributed by atoms with Gasteiger partial charge in [-0.25, -0.2) is 4.39 Å². The number of nitrogens with two attached hydrogens (primary N) is 1. The number of anilines is 2. The molecule has 0 fully saturated rings.